The molecule has 0 aromatic carbocycles. The van der Waals surface area contributed by atoms with Gasteiger partial charge in [0.1, 0.15) is 7.29 Å². The van der Waals surface area contributed by atoms with Crippen molar-refractivity contribution in [2.45, 2.75) is 45.3 Å². The second kappa shape index (κ2) is 4.73. The molecule has 6 heteroatoms. The summed E-state index contributed by atoms with van der Waals surface area (Å²) in [5, 5.41) is 0. The molecule has 0 saturated carbocycles. The summed E-state index contributed by atoms with van der Waals surface area (Å²) in [5.74, 6) is 0. The van der Waals surface area contributed by atoms with Gasteiger partial charge < -0.3 is 13.9 Å². The van der Waals surface area contributed by atoms with Crippen molar-refractivity contribution in [2.75, 3.05) is 26.4 Å². The lowest BCUT2D eigenvalue weighted by Crippen LogP contribution is -2.41. The van der Waals surface area contributed by atoms with Gasteiger partial charge in [-0.05, 0) is 39.6 Å². The predicted molar refractivity (Wildman–Crippen MR) is 79.8 cm³/mol. The molecule has 4 nitrogen and oxygen atoms in total. The van der Waals surface area contributed by atoms with Crippen LogP contribution in [0.1, 0.15) is 34.1 Å². The number of hydrogen-bond acceptors (Lipinski definition) is 3. The van der Waals surface area contributed by atoms with E-state index in [4.69, 9.17) is 9.31 Å². The van der Waals surface area contributed by atoms with Gasteiger partial charge in [0.15, 0.2) is 0 Å². The lowest BCUT2D eigenvalue weighted by atomic mass is 9.75. The first-order valence-electron chi connectivity index (χ1n) is 6.88. The second-order valence-electron chi connectivity index (χ2n) is 6.82. The van der Waals surface area contributed by atoms with Gasteiger partial charge in [-0.1, -0.05) is 6.08 Å². The van der Waals surface area contributed by atoms with Gasteiger partial charge in [-0.25, -0.2) is 4.67 Å². The van der Waals surface area contributed by atoms with E-state index in [1.807, 2.05) is 18.0 Å². The smallest absolute Gasteiger partial charge is 0.400 e. The van der Waals surface area contributed by atoms with Crippen LogP contribution in [-0.2, 0) is 13.9 Å². The van der Waals surface area contributed by atoms with Crippen LogP contribution in [0.2, 0.25) is 0 Å². The highest BCUT2D eigenvalue weighted by Crippen LogP contribution is 2.44. The summed E-state index contributed by atoms with van der Waals surface area (Å²) in [4.78, 5) is 0. The highest BCUT2D eigenvalue weighted by Gasteiger charge is 2.52. The van der Waals surface area contributed by atoms with Crippen molar-refractivity contribution in [1.82, 2.24) is 4.67 Å². The number of hydrogen-bond donors (Lipinski definition) is 0. The van der Waals surface area contributed by atoms with Gasteiger partial charge in [0, 0.05) is 26.4 Å². The Morgan fingerprint density at radius 3 is 2.11 bits per heavy atom. The molecule has 108 valence electrons. The first-order chi connectivity index (χ1) is 8.53. The molecule has 1 fully saturated rings. The third-order valence-corrected chi connectivity index (χ3v) is 6.19. The summed E-state index contributed by atoms with van der Waals surface area (Å²) in [6.07, 6.45) is 2.98. The lowest BCUT2D eigenvalue weighted by Gasteiger charge is -2.32. The maximum absolute atomic E-state index is 12.0. The molecule has 0 radical (unpaired) electrons. The average Bonchev–Trinajstić information content (AvgIpc) is 2.47. The minimum atomic E-state index is -2.14. The van der Waals surface area contributed by atoms with Crippen LogP contribution in [-0.4, -0.2) is 49.4 Å². The van der Waals surface area contributed by atoms with Crippen molar-refractivity contribution >= 4 is 14.4 Å². The van der Waals surface area contributed by atoms with Crippen molar-refractivity contribution in [3.63, 3.8) is 0 Å². The fourth-order valence-corrected chi connectivity index (χ4v) is 3.38. The molecule has 0 aromatic heterocycles. The number of nitrogens with zero attached hydrogens (tertiary/aromatic N) is 1. The Hall–Kier alpha value is -0.0851. The van der Waals surface area contributed by atoms with Crippen LogP contribution in [0, 0.1) is 0 Å². The predicted octanol–water partition coefficient (Wildman–Crippen LogP) is 2.79. The van der Waals surface area contributed by atoms with E-state index in [9.17, 15) is 4.57 Å². The van der Waals surface area contributed by atoms with E-state index in [-0.39, 0.29) is 18.3 Å². The highest BCUT2D eigenvalue weighted by atomic mass is 31.2. The van der Waals surface area contributed by atoms with Crippen LogP contribution in [0.25, 0.3) is 0 Å². The van der Waals surface area contributed by atoms with E-state index < -0.39 is 7.29 Å². The maximum atomic E-state index is 12.0. The Morgan fingerprint density at radius 2 is 1.74 bits per heavy atom. The molecule has 0 aromatic rings. The number of rotatable bonds is 2. The molecule has 0 amide bonds. The quantitative estimate of drug-likeness (QED) is 0.577. The van der Waals surface area contributed by atoms with Gasteiger partial charge in [-0.3, -0.25) is 0 Å². The molecular weight excluding hydrogens is 260 g/mol. The summed E-state index contributed by atoms with van der Waals surface area (Å²) in [6, 6.07) is 0. The summed E-state index contributed by atoms with van der Waals surface area (Å²) in [7, 11) is -2.39. The standard InChI is InChI=1S/C13H25BNO3P/c1-12(2)13(3,4)18-14(17-12)11-7-9-15(10-8-11)19(5,6)16/h7H,8-10H2,1-6H3. The van der Waals surface area contributed by atoms with E-state index in [0.717, 1.165) is 19.5 Å². The fourth-order valence-electron chi connectivity index (χ4n) is 2.32. The molecule has 0 N–H and O–H groups in total. The van der Waals surface area contributed by atoms with Crippen LogP contribution < -0.4 is 0 Å². The Balaban J connectivity index is 2.07. The minimum Gasteiger partial charge on any atom is -0.400 e. The Kier molecular flexibility index (Phi) is 3.81. The minimum absolute atomic E-state index is 0.250. The van der Waals surface area contributed by atoms with Gasteiger partial charge in [0.25, 0.3) is 0 Å². The van der Waals surface area contributed by atoms with E-state index in [1.54, 1.807) is 0 Å². The van der Waals surface area contributed by atoms with E-state index >= 15 is 0 Å². The largest absolute Gasteiger partial charge is 0.490 e. The normalized spacial score (nSPS) is 27.5. The SMILES string of the molecule is CC1(C)OB(C2=CCN(P(C)(C)=O)CC2)OC1(C)C. The first kappa shape index (κ1) is 15.3. The molecule has 1 saturated heterocycles. The van der Waals surface area contributed by atoms with Crippen molar-refractivity contribution < 1.29 is 13.9 Å². The monoisotopic (exact) mass is 285 g/mol. The van der Waals surface area contributed by atoms with Crippen molar-refractivity contribution in [3.05, 3.63) is 11.5 Å². The van der Waals surface area contributed by atoms with Crippen LogP contribution in [0.3, 0.4) is 0 Å². The first-order valence-corrected chi connectivity index (χ1v) is 9.43. The van der Waals surface area contributed by atoms with Crippen molar-refractivity contribution in [2.24, 2.45) is 0 Å². The van der Waals surface area contributed by atoms with Crippen molar-refractivity contribution in [3.8, 4) is 0 Å². The maximum Gasteiger partial charge on any atom is 0.490 e. The molecule has 2 rings (SSSR count). The van der Waals surface area contributed by atoms with Crippen LogP contribution in [0.15, 0.2) is 11.5 Å². The van der Waals surface area contributed by atoms with Crippen LogP contribution in [0.5, 0.6) is 0 Å². The summed E-state index contributed by atoms with van der Waals surface area (Å²) in [5.41, 5.74) is 0.601. The Bertz CT molecular complexity index is 425. The van der Waals surface area contributed by atoms with Gasteiger partial charge in [-0.2, -0.15) is 0 Å². The van der Waals surface area contributed by atoms with Gasteiger partial charge in [0.05, 0.1) is 11.2 Å². The molecule has 0 atom stereocenters. The lowest BCUT2D eigenvalue weighted by molar-refractivity contribution is 0.00578. The summed E-state index contributed by atoms with van der Waals surface area (Å²) in [6.45, 7) is 13.4. The average molecular weight is 285 g/mol. The van der Waals surface area contributed by atoms with Gasteiger partial charge >= 0.3 is 7.12 Å². The topological polar surface area (TPSA) is 38.8 Å². The molecule has 0 aliphatic carbocycles. The van der Waals surface area contributed by atoms with E-state index in [2.05, 4.69) is 33.8 Å². The van der Waals surface area contributed by atoms with Crippen LogP contribution >= 0.6 is 7.29 Å². The third-order valence-electron chi connectivity index (χ3n) is 4.46. The van der Waals surface area contributed by atoms with Crippen molar-refractivity contribution in [1.29, 1.82) is 0 Å². The highest BCUT2D eigenvalue weighted by molar-refractivity contribution is 7.59. The van der Waals surface area contributed by atoms with E-state index in [0.29, 0.717) is 0 Å². The Morgan fingerprint density at radius 1 is 1.21 bits per heavy atom. The van der Waals surface area contributed by atoms with Gasteiger partial charge in [0.2, 0.25) is 0 Å². The Labute approximate surface area is 117 Å². The molecule has 0 bridgehead atoms. The van der Waals surface area contributed by atoms with E-state index in [1.165, 1.54) is 5.47 Å². The fraction of sp³-hybridized carbons (Fsp3) is 0.846. The zero-order valence-electron chi connectivity index (χ0n) is 12.9. The third kappa shape index (κ3) is 3.00. The van der Waals surface area contributed by atoms with Gasteiger partial charge in [-0.15, -0.1) is 0 Å². The molecule has 2 aliphatic rings. The zero-order valence-corrected chi connectivity index (χ0v) is 13.8. The van der Waals surface area contributed by atoms with Crippen LogP contribution in [0.4, 0.5) is 0 Å². The molecule has 2 heterocycles. The summed E-state index contributed by atoms with van der Waals surface area (Å²) < 4.78 is 26.2. The zero-order chi connectivity index (χ0) is 14.5. The summed E-state index contributed by atoms with van der Waals surface area (Å²) >= 11 is 0. The molecule has 0 spiro atoms. The molecule has 2 aliphatic heterocycles. The molecular formula is C13H25BNO3P. The molecule has 19 heavy (non-hydrogen) atoms. The second-order valence-corrected chi connectivity index (χ2v) is 9.98. The molecule has 0 unspecified atom stereocenters.